The third-order valence-electron chi connectivity index (χ3n) is 6.41. The lowest BCUT2D eigenvalue weighted by molar-refractivity contribution is -0.145. The molecule has 3 heterocycles. The second-order valence-corrected chi connectivity index (χ2v) is 8.50. The minimum Gasteiger partial charge on any atom is -0.324 e. The topological polar surface area (TPSA) is 78.5 Å². The fraction of sp³-hybridized carbons (Fsp3) is 0.571. The van der Waals surface area contributed by atoms with Gasteiger partial charge in [0, 0.05) is 23.3 Å². The van der Waals surface area contributed by atoms with E-state index in [1.807, 2.05) is 38.1 Å². The van der Waals surface area contributed by atoms with E-state index in [-0.39, 0.29) is 29.8 Å². The van der Waals surface area contributed by atoms with Crippen molar-refractivity contribution in [3.63, 3.8) is 0 Å². The number of carbonyl (C=O) groups excluding carboxylic acids is 3. The van der Waals surface area contributed by atoms with Gasteiger partial charge in [0.25, 0.3) is 0 Å². The lowest BCUT2D eigenvalue weighted by atomic mass is 9.76. The lowest BCUT2D eigenvalue weighted by Gasteiger charge is -2.31. The average Bonchev–Trinajstić information content (AvgIpc) is 3.19. The number of likely N-dealkylation sites (tertiary alicyclic amines) is 1. The van der Waals surface area contributed by atoms with E-state index in [4.69, 9.17) is 0 Å². The number of rotatable bonds is 4. The van der Waals surface area contributed by atoms with Crippen molar-refractivity contribution in [3.8, 4) is 0 Å². The van der Waals surface area contributed by atoms with Crippen molar-refractivity contribution < 1.29 is 14.4 Å². The molecule has 0 aliphatic carbocycles. The number of nitrogens with one attached hydrogen (secondary N) is 2. The molecule has 1 aromatic carbocycles. The van der Waals surface area contributed by atoms with Gasteiger partial charge in [-0.05, 0) is 31.7 Å². The molecule has 6 nitrogen and oxygen atoms in total. The Kier molecular flexibility index (Phi) is 4.14. The van der Waals surface area contributed by atoms with E-state index in [0.29, 0.717) is 12.3 Å². The van der Waals surface area contributed by atoms with E-state index in [1.165, 1.54) is 4.90 Å². The first kappa shape index (κ1) is 18.2. The predicted octanol–water partition coefficient (Wildman–Crippen LogP) is 2.25. The molecule has 1 aromatic rings. The highest BCUT2D eigenvalue weighted by Gasteiger charge is 2.70. The third kappa shape index (κ3) is 2.32. The van der Waals surface area contributed by atoms with Crippen LogP contribution in [0.2, 0.25) is 0 Å². The van der Waals surface area contributed by atoms with Crippen LogP contribution in [-0.4, -0.2) is 34.7 Å². The van der Waals surface area contributed by atoms with Crippen LogP contribution in [0.25, 0.3) is 0 Å². The first-order chi connectivity index (χ1) is 12.8. The summed E-state index contributed by atoms with van der Waals surface area (Å²) in [6.45, 7) is 8.06. The fourth-order valence-corrected chi connectivity index (χ4v) is 5.11. The normalized spacial score (nSPS) is 33.0. The van der Waals surface area contributed by atoms with Crippen LogP contribution < -0.4 is 10.6 Å². The Balaban J connectivity index is 1.87. The van der Waals surface area contributed by atoms with Gasteiger partial charge in [-0.1, -0.05) is 39.0 Å². The number of amides is 3. The molecule has 2 saturated heterocycles. The Hall–Kier alpha value is -2.21. The number of nitrogens with zero attached hydrogens (tertiary/aromatic N) is 1. The zero-order valence-corrected chi connectivity index (χ0v) is 16.3. The molecule has 2 fully saturated rings. The van der Waals surface area contributed by atoms with Crippen LogP contribution in [0.3, 0.4) is 0 Å². The van der Waals surface area contributed by atoms with E-state index < -0.39 is 17.4 Å². The molecule has 0 saturated carbocycles. The van der Waals surface area contributed by atoms with E-state index in [0.717, 1.165) is 17.7 Å². The van der Waals surface area contributed by atoms with Crippen molar-refractivity contribution in [2.75, 3.05) is 5.32 Å². The number of benzene rings is 1. The largest absolute Gasteiger partial charge is 0.324 e. The summed E-state index contributed by atoms with van der Waals surface area (Å²) >= 11 is 0. The second-order valence-electron chi connectivity index (χ2n) is 8.50. The summed E-state index contributed by atoms with van der Waals surface area (Å²) in [6, 6.07) is 7.12. The number of anilines is 1. The van der Waals surface area contributed by atoms with Crippen LogP contribution >= 0.6 is 0 Å². The van der Waals surface area contributed by atoms with Gasteiger partial charge in [-0.15, -0.1) is 0 Å². The third-order valence-corrected chi connectivity index (χ3v) is 6.41. The molecule has 3 amide bonds. The van der Waals surface area contributed by atoms with Gasteiger partial charge < -0.3 is 5.32 Å². The summed E-state index contributed by atoms with van der Waals surface area (Å²) in [4.78, 5) is 41.3. The second kappa shape index (κ2) is 6.16. The van der Waals surface area contributed by atoms with Crippen molar-refractivity contribution in [1.82, 2.24) is 10.2 Å². The Morgan fingerprint density at radius 2 is 1.81 bits per heavy atom. The molecule has 2 N–H and O–H groups in total. The van der Waals surface area contributed by atoms with Crippen molar-refractivity contribution in [3.05, 3.63) is 29.8 Å². The SMILES string of the molecule is CC[C@H](C)N1C(=O)[C@H]2[C@@H](C1=O)[C@]1(N[C@@H]2CC(C)C)C(=O)Nc2ccccc21. The van der Waals surface area contributed by atoms with Crippen molar-refractivity contribution in [2.24, 2.45) is 17.8 Å². The van der Waals surface area contributed by atoms with E-state index in [2.05, 4.69) is 24.5 Å². The van der Waals surface area contributed by atoms with Crippen LogP contribution in [0.4, 0.5) is 5.69 Å². The molecule has 3 aliphatic rings. The molecule has 5 atom stereocenters. The van der Waals surface area contributed by atoms with Crippen molar-refractivity contribution >= 4 is 23.4 Å². The number of imide groups is 1. The zero-order chi connectivity index (χ0) is 19.5. The maximum atomic E-state index is 13.4. The minimum absolute atomic E-state index is 0.133. The van der Waals surface area contributed by atoms with Crippen LogP contribution in [0.1, 0.15) is 46.1 Å². The highest BCUT2D eigenvalue weighted by molar-refractivity contribution is 6.15. The number of fused-ring (bicyclic) bond motifs is 4. The van der Waals surface area contributed by atoms with Crippen LogP contribution in [-0.2, 0) is 19.9 Å². The van der Waals surface area contributed by atoms with Crippen LogP contribution in [0.15, 0.2) is 24.3 Å². The fourth-order valence-electron chi connectivity index (χ4n) is 5.11. The van der Waals surface area contributed by atoms with Gasteiger partial charge in [-0.2, -0.15) is 0 Å². The highest BCUT2D eigenvalue weighted by atomic mass is 16.2. The monoisotopic (exact) mass is 369 g/mol. The molecule has 144 valence electrons. The number of para-hydroxylation sites is 1. The van der Waals surface area contributed by atoms with Crippen molar-refractivity contribution in [1.29, 1.82) is 0 Å². The van der Waals surface area contributed by atoms with E-state index in [1.54, 1.807) is 0 Å². The standard InChI is InChI=1S/C21H27N3O3/c1-5-12(4)24-18(25)16-15(10-11(2)3)23-21(17(16)19(24)26)13-8-6-7-9-14(13)22-20(21)27/h6-9,11-12,15-17,23H,5,10H2,1-4H3,(H,22,27)/t12-,15+,16+,17-,21-/m0/s1. The molecular weight excluding hydrogens is 342 g/mol. The molecule has 0 radical (unpaired) electrons. The highest BCUT2D eigenvalue weighted by Crippen LogP contribution is 2.53. The zero-order valence-electron chi connectivity index (χ0n) is 16.3. The number of hydrogen-bond acceptors (Lipinski definition) is 4. The Bertz CT molecular complexity index is 821. The molecule has 0 aromatic heterocycles. The van der Waals surface area contributed by atoms with Crippen LogP contribution in [0.5, 0.6) is 0 Å². The molecular formula is C21H27N3O3. The van der Waals surface area contributed by atoms with Gasteiger partial charge >= 0.3 is 0 Å². The van der Waals surface area contributed by atoms with E-state index in [9.17, 15) is 14.4 Å². The molecule has 0 bridgehead atoms. The van der Waals surface area contributed by atoms with Gasteiger partial charge in [0.15, 0.2) is 0 Å². The average molecular weight is 369 g/mol. The smallest absolute Gasteiger partial charge is 0.250 e. The minimum atomic E-state index is -1.16. The predicted molar refractivity (Wildman–Crippen MR) is 102 cm³/mol. The summed E-state index contributed by atoms with van der Waals surface area (Å²) in [7, 11) is 0. The molecule has 27 heavy (non-hydrogen) atoms. The molecule has 0 unspecified atom stereocenters. The quantitative estimate of drug-likeness (QED) is 0.798. The maximum absolute atomic E-state index is 13.4. The Labute approximate surface area is 159 Å². The number of carbonyl (C=O) groups is 3. The Morgan fingerprint density at radius 1 is 1.11 bits per heavy atom. The summed E-state index contributed by atoms with van der Waals surface area (Å²) in [5.41, 5.74) is 0.347. The summed E-state index contributed by atoms with van der Waals surface area (Å²) in [5.74, 6) is -1.41. The first-order valence-electron chi connectivity index (χ1n) is 9.88. The van der Waals surface area contributed by atoms with Crippen LogP contribution in [0, 0.1) is 17.8 Å². The molecule has 4 rings (SSSR count). The van der Waals surface area contributed by atoms with E-state index >= 15 is 0 Å². The van der Waals surface area contributed by atoms with Gasteiger partial charge in [0.05, 0.1) is 11.8 Å². The summed E-state index contributed by atoms with van der Waals surface area (Å²) in [5, 5.41) is 6.39. The molecule has 3 aliphatic heterocycles. The summed E-state index contributed by atoms with van der Waals surface area (Å²) in [6.07, 6.45) is 1.45. The van der Waals surface area contributed by atoms with Gasteiger partial charge in [-0.3, -0.25) is 24.6 Å². The maximum Gasteiger partial charge on any atom is 0.250 e. The van der Waals surface area contributed by atoms with Crippen molar-refractivity contribution in [2.45, 2.75) is 58.2 Å². The lowest BCUT2D eigenvalue weighted by Crippen LogP contribution is -2.54. The Morgan fingerprint density at radius 3 is 2.48 bits per heavy atom. The summed E-state index contributed by atoms with van der Waals surface area (Å²) < 4.78 is 0. The molecule has 6 heteroatoms. The van der Waals surface area contributed by atoms with Gasteiger partial charge in [0.1, 0.15) is 5.54 Å². The van der Waals surface area contributed by atoms with Gasteiger partial charge in [0.2, 0.25) is 17.7 Å². The molecule has 1 spiro atoms. The first-order valence-corrected chi connectivity index (χ1v) is 9.88. The number of hydrogen-bond donors (Lipinski definition) is 2. The van der Waals surface area contributed by atoms with Gasteiger partial charge in [-0.25, -0.2) is 0 Å².